The third-order valence-corrected chi connectivity index (χ3v) is 51.9. The molecule has 2 aliphatic rings. The van der Waals surface area contributed by atoms with Crippen molar-refractivity contribution in [2.45, 2.75) is 240 Å². The van der Waals surface area contributed by atoms with E-state index in [0.717, 1.165) is 78.7 Å². The van der Waals surface area contributed by atoms with Crippen LogP contribution in [0.3, 0.4) is 0 Å². The standard InChI is InChI=1S/C87H112F2N2O4Si4/c1-50(2)96(19,51(3)4)60-30-34-66-67-35-31-61(97(20,52(5)6)53(7)8)45-79(67)90(78(66)44-60)82-42-58(17)40-72(84(82)92)74-48-76(88)64-26-23-28-70(64)86(74)94-38-25-39-95-87-71-29-24-27-65(71)77(89)49-75(87)73-41-59(18)43-83(85(73)93)91-80-46-62(98(21,54(9)10)55(11)12)32-36-68(80)69-37-33-63(47-81(69)91)99(22,56(13)14)57(15)16/h30-37,40-57,92-93H,23-29,38-39H2,1-22H3. The second-order valence-electron chi connectivity index (χ2n) is 33.5. The van der Waals surface area contributed by atoms with E-state index in [1.54, 1.807) is 12.1 Å². The molecule has 2 aromatic heterocycles. The number of ether oxygens (including phenoxy) is 2. The van der Waals surface area contributed by atoms with Crippen LogP contribution in [0.25, 0.3) is 77.2 Å². The summed E-state index contributed by atoms with van der Waals surface area (Å²) >= 11 is 0. The number of hydrogen-bond donors (Lipinski definition) is 2. The Morgan fingerprint density at radius 1 is 0.364 bits per heavy atom. The van der Waals surface area contributed by atoms with E-state index in [0.29, 0.717) is 133 Å². The molecule has 0 radical (unpaired) electrons. The highest BCUT2D eigenvalue weighted by molar-refractivity contribution is 6.94. The molecule has 2 N–H and O–H groups in total. The maximum absolute atomic E-state index is 16.9. The number of nitrogens with zero attached hydrogens (tertiary/aromatic N) is 2. The molecule has 2 aliphatic carbocycles. The van der Waals surface area contributed by atoms with E-state index in [1.807, 2.05) is 12.1 Å². The molecule has 8 aromatic carbocycles. The first-order valence-corrected chi connectivity index (χ1v) is 48.1. The normalized spacial score (nSPS) is 14.1. The molecule has 0 atom stereocenters. The second-order valence-corrected chi connectivity index (χ2v) is 55.3. The number of aromatic nitrogens is 2. The fraction of sp³-hybridized carbons (Fsp3) is 0.448. The number of phenolic OH excluding ortho intramolecular Hbond substituents is 2. The molecule has 0 unspecified atom stereocenters. The number of aryl methyl sites for hydroxylation is 2. The second kappa shape index (κ2) is 26.9. The number of phenols is 2. The molecule has 12 rings (SSSR count). The van der Waals surface area contributed by atoms with Gasteiger partial charge in [-0.2, -0.15) is 0 Å². The van der Waals surface area contributed by atoms with E-state index in [1.165, 1.54) is 20.7 Å². The molecule has 10 aromatic rings. The van der Waals surface area contributed by atoms with Crippen molar-refractivity contribution in [3.05, 3.63) is 154 Å². The summed E-state index contributed by atoms with van der Waals surface area (Å²) in [5.41, 5.74) is 16.7. The van der Waals surface area contributed by atoms with Gasteiger partial charge >= 0.3 is 0 Å². The maximum atomic E-state index is 16.9. The average Bonchev–Trinajstić information content (AvgIpc) is 1.58. The quantitative estimate of drug-likeness (QED) is 0.0524. The van der Waals surface area contributed by atoms with Crippen molar-refractivity contribution < 1.29 is 28.5 Å². The van der Waals surface area contributed by atoms with Crippen molar-refractivity contribution in [2.75, 3.05) is 13.2 Å². The van der Waals surface area contributed by atoms with Crippen LogP contribution in [0.15, 0.2) is 109 Å². The first-order chi connectivity index (χ1) is 46.7. The number of aromatic hydroxyl groups is 2. The lowest BCUT2D eigenvalue weighted by Gasteiger charge is -2.36. The molecule has 0 fully saturated rings. The molecule has 0 amide bonds. The Labute approximate surface area is 594 Å². The lowest BCUT2D eigenvalue weighted by molar-refractivity contribution is 0.246. The van der Waals surface area contributed by atoms with Crippen LogP contribution in [0.2, 0.25) is 70.5 Å². The van der Waals surface area contributed by atoms with Gasteiger partial charge < -0.3 is 28.8 Å². The van der Waals surface area contributed by atoms with Gasteiger partial charge in [0.25, 0.3) is 0 Å². The Kier molecular flexibility index (Phi) is 19.6. The van der Waals surface area contributed by atoms with E-state index in [-0.39, 0.29) is 36.3 Å². The van der Waals surface area contributed by atoms with Crippen molar-refractivity contribution >= 4 is 96.7 Å². The zero-order valence-electron chi connectivity index (χ0n) is 63.7. The average molecular weight is 1400 g/mol. The largest absolute Gasteiger partial charge is 0.505 e. The minimum absolute atomic E-state index is 0.0814. The SMILES string of the molecule is Cc1cc(-c2cc(F)c3c(c2OCCCOc2c(-c4cc(C)cc(-n5c6cc([Si](C)(C(C)C)C(C)C)ccc6c6ccc([Si](C)(C(C)C)C(C)C)cc65)c4O)cc(F)c4c2CCC4)CCC3)c(O)c(-n2c3cc([Si](C)(C(C)C)C(C)C)ccc3c3ccc([Si](C)(C(C)C)C(C)C)cc32)c1. The molecule has 0 saturated carbocycles. The number of rotatable bonds is 22. The number of benzene rings is 8. The summed E-state index contributed by atoms with van der Waals surface area (Å²) in [7, 11) is -8.12. The molecule has 0 saturated heterocycles. The lowest BCUT2D eigenvalue weighted by atomic mass is 9.95. The van der Waals surface area contributed by atoms with Gasteiger partial charge in [0.15, 0.2) is 0 Å². The van der Waals surface area contributed by atoms with Crippen molar-refractivity contribution in [3.8, 4) is 56.6 Å². The van der Waals surface area contributed by atoms with E-state index >= 15 is 8.78 Å². The van der Waals surface area contributed by atoms with Gasteiger partial charge in [0.2, 0.25) is 0 Å². The van der Waals surface area contributed by atoms with Crippen LogP contribution in [0.4, 0.5) is 8.78 Å². The number of fused-ring (bicyclic) bond motifs is 8. The minimum atomic E-state index is -2.03. The van der Waals surface area contributed by atoms with Gasteiger partial charge in [0.1, 0.15) is 34.6 Å². The third-order valence-electron chi connectivity index (χ3n) is 26.5. The van der Waals surface area contributed by atoms with Gasteiger partial charge in [-0.1, -0.05) is 206 Å². The summed E-state index contributed by atoms with van der Waals surface area (Å²) in [5, 5.41) is 36.8. The molecule has 99 heavy (non-hydrogen) atoms. The van der Waals surface area contributed by atoms with Crippen molar-refractivity contribution in [1.82, 2.24) is 9.13 Å². The molecule has 0 bridgehead atoms. The minimum Gasteiger partial charge on any atom is -0.505 e. The van der Waals surface area contributed by atoms with Crippen LogP contribution in [0.1, 0.15) is 163 Å². The Hall–Kier alpha value is -6.71. The fourth-order valence-corrected chi connectivity index (χ4v) is 32.3. The number of hydrogen-bond acceptors (Lipinski definition) is 4. The van der Waals surface area contributed by atoms with E-state index in [4.69, 9.17) is 9.47 Å². The van der Waals surface area contributed by atoms with E-state index in [2.05, 4.69) is 245 Å². The van der Waals surface area contributed by atoms with Crippen molar-refractivity contribution in [2.24, 2.45) is 0 Å². The zero-order chi connectivity index (χ0) is 71.6. The van der Waals surface area contributed by atoms with Crippen LogP contribution in [-0.2, 0) is 25.7 Å². The highest BCUT2D eigenvalue weighted by Gasteiger charge is 2.42. The molecule has 6 nitrogen and oxygen atoms in total. The molecular weight excluding hydrogens is 1290 g/mol. The molecule has 12 heteroatoms. The zero-order valence-corrected chi connectivity index (χ0v) is 67.7. The van der Waals surface area contributed by atoms with Crippen LogP contribution < -0.4 is 30.2 Å². The smallest absolute Gasteiger partial charge is 0.147 e. The molecular formula is C87H112F2N2O4Si4. The summed E-state index contributed by atoms with van der Waals surface area (Å²) in [6.45, 7) is 52.8. The van der Waals surface area contributed by atoms with Crippen molar-refractivity contribution in [3.63, 3.8) is 0 Å². The Bertz CT molecular complexity index is 4300. The van der Waals surface area contributed by atoms with Gasteiger partial charge in [-0.3, -0.25) is 0 Å². The summed E-state index contributed by atoms with van der Waals surface area (Å²) in [6, 6.07) is 40.0. The number of halogens is 2. The van der Waals surface area contributed by atoms with Gasteiger partial charge in [0, 0.05) is 61.3 Å². The van der Waals surface area contributed by atoms with Crippen LogP contribution >= 0.6 is 0 Å². The van der Waals surface area contributed by atoms with Crippen LogP contribution in [0, 0.1) is 25.5 Å². The topological polar surface area (TPSA) is 68.8 Å². The summed E-state index contributed by atoms with van der Waals surface area (Å²) in [4.78, 5) is 0. The summed E-state index contributed by atoms with van der Waals surface area (Å²) < 4.78 is 52.5. The molecule has 0 spiro atoms. The predicted octanol–water partition coefficient (Wildman–Crippen LogP) is 22.8. The maximum Gasteiger partial charge on any atom is 0.147 e. The van der Waals surface area contributed by atoms with Gasteiger partial charge in [-0.25, -0.2) is 8.78 Å². The molecule has 524 valence electrons. The van der Waals surface area contributed by atoms with E-state index < -0.39 is 32.3 Å². The van der Waals surface area contributed by atoms with Gasteiger partial charge in [0.05, 0.1) is 79.0 Å². The van der Waals surface area contributed by atoms with Crippen LogP contribution in [0.5, 0.6) is 23.0 Å². The highest BCUT2D eigenvalue weighted by Crippen LogP contribution is 2.51. The Morgan fingerprint density at radius 2 is 0.626 bits per heavy atom. The van der Waals surface area contributed by atoms with Crippen molar-refractivity contribution in [1.29, 1.82) is 0 Å². The predicted molar refractivity (Wildman–Crippen MR) is 431 cm³/mol. The molecule has 0 aliphatic heterocycles. The Balaban J connectivity index is 0.939. The van der Waals surface area contributed by atoms with Gasteiger partial charge in [-0.15, -0.1) is 0 Å². The van der Waals surface area contributed by atoms with Gasteiger partial charge in [-0.05, 0) is 180 Å². The highest BCUT2D eigenvalue weighted by atomic mass is 28.3. The van der Waals surface area contributed by atoms with Crippen LogP contribution in [-0.4, -0.2) is 64.9 Å². The monoisotopic (exact) mass is 1400 g/mol. The van der Waals surface area contributed by atoms with E-state index in [9.17, 15) is 10.2 Å². The lowest BCUT2D eigenvalue weighted by Crippen LogP contribution is -2.50. The summed E-state index contributed by atoms with van der Waals surface area (Å²) in [5.74, 6) is 0.795. The summed E-state index contributed by atoms with van der Waals surface area (Å²) in [6.07, 6.45) is 4.60. The molecule has 2 heterocycles. The Morgan fingerprint density at radius 3 is 0.889 bits per heavy atom. The third kappa shape index (κ3) is 11.7. The first-order valence-electron chi connectivity index (χ1n) is 37.5. The first kappa shape index (κ1) is 72.1. The fourth-order valence-electron chi connectivity index (χ4n) is 18.0.